The molecule has 0 bridgehead atoms. The van der Waals surface area contributed by atoms with Crippen molar-refractivity contribution >= 4 is 50.4 Å². The molecule has 0 saturated carbocycles. The Labute approximate surface area is 319 Å². The third-order valence-electron chi connectivity index (χ3n) is 10.1. The van der Waals surface area contributed by atoms with Crippen LogP contribution in [0.4, 0.5) is 0 Å². The first-order chi connectivity index (χ1) is 22.9. The van der Waals surface area contributed by atoms with Crippen LogP contribution in [-0.4, -0.2) is 8.07 Å². The largest absolute Gasteiger partial charge is 4.00 e. The molecule has 0 unspecified atom stereocenters. The van der Waals surface area contributed by atoms with Gasteiger partial charge < -0.3 is 14.9 Å². The Morgan fingerprint density at radius 1 is 0.400 bits per heavy atom. The van der Waals surface area contributed by atoms with Crippen molar-refractivity contribution in [3.8, 4) is 22.3 Å². The van der Waals surface area contributed by atoms with Crippen LogP contribution in [0, 0.1) is 42.5 Å². The van der Waals surface area contributed by atoms with Crippen LogP contribution >= 0.6 is 0 Å². The molecule has 244 valence electrons. The average Bonchev–Trinajstić information content (AvgIpc) is 3.74. The first-order valence-electron chi connectivity index (χ1n) is 16.6. The van der Waals surface area contributed by atoms with Crippen LogP contribution in [0.1, 0.15) is 22.3 Å². The standard InChI is InChI=1S/C46H38Si.2CH3.Hf/c1-31-21-23-33(3)43(25-31)41-19-11-13-35-27-39(29-45(35)41)47(37-15-7-5-8-16-37,38-17-9-6-10-18-38)40-28-36-14-12-20-42(46(36)30-40)44-26-32(2)22-24-34(44)4;;;/h5-30H,1-4H3;2*1H3;/q-2;2*-1;+4. The first kappa shape index (κ1) is 36.9. The van der Waals surface area contributed by atoms with Crippen molar-refractivity contribution < 1.29 is 25.8 Å². The second-order valence-corrected chi connectivity index (χ2v) is 17.0. The second kappa shape index (κ2) is 14.9. The number of benzene rings is 6. The molecular weight excluding hydrogens is 783 g/mol. The zero-order chi connectivity index (χ0) is 32.1. The molecule has 8 rings (SSSR count). The Balaban J connectivity index is 0.00000162. The Hall–Kier alpha value is -4.37. The topological polar surface area (TPSA) is 0 Å². The van der Waals surface area contributed by atoms with Crippen LogP contribution in [0.2, 0.25) is 0 Å². The Bertz CT molecular complexity index is 2220. The molecule has 0 N–H and O–H groups in total. The van der Waals surface area contributed by atoms with Crippen molar-refractivity contribution in [1.82, 2.24) is 0 Å². The molecule has 0 saturated heterocycles. The van der Waals surface area contributed by atoms with E-state index < -0.39 is 8.07 Å². The molecule has 0 amide bonds. The summed E-state index contributed by atoms with van der Waals surface area (Å²) >= 11 is 0. The van der Waals surface area contributed by atoms with Gasteiger partial charge in [-0.1, -0.05) is 131 Å². The third kappa shape index (κ3) is 6.14. The molecule has 0 atom stereocenters. The SMILES string of the molecule is Cc1ccc(C)c(-c2cccc3[cH-]c([Si](c4ccccc4)(c4ccccc4)c4cc5c(-c6cc(C)ccc6C)cccc5[cH-]4)cc23)c1.[CH3-].[CH3-].[Hf+4]. The van der Waals surface area contributed by atoms with E-state index >= 15 is 0 Å². The molecule has 8 aromatic carbocycles. The zero-order valence-corrected chi connectivity index (χ0v) is 34.6. The van der Waals surface area contributed by atoms with Gasteiger partial charge in [0.25, 0.3) is 0 Å². The van der Waals surface area contributed by atoms with Crippen LogP contribution < -0.4 is 20.7 Å². The molecule has 0 spiro atoms. The summed E-state index contributed by atoms with van der Waals surface area (Å²) in [5, 5.41) is 10.9. The van der Waals surface area contributed by atoms with Gasteiger partial charge in [0.1, 0.15) is 8.07 Å². The molecule has 0 nitrogen and oxygen atoms in total. The minimum atomic E-state index is -2.76. The van der Waals surface area contributed by atoms with E-state index in [9.17, 15) is 0 Å². The molecule has 0 radical (unpaired) electrons. The number of hydrogen-bond acceptors (Lipinski definition) is 0. The molecule has 0 aliphatic rings. The average molecular weight is 827 g/mol. The summed E-state index contributed by atoms with van der Waals surface area (Å²) < 4.78 is 0. The Morgan fingerprint density at radius 2 is 0.800 bits per heavy atom. The maximum Gasteiger partial charge on any atom is 4.00 e. The minimum absolute atomic E-state index is 0. The second-order valence-electron chi connectivity index (χ2n) is 13.2. The van der Waals surface area contributed by atoms with E-state index in [0.29, 0.717) is 0 Å². The van der Waals surface area contributed by atoms with Crippen molar-refractivity contribution in [1.29, 1.82) is 0 Å². The van der Waals surface area contributed by atoms with Gasteiger partial charge >= 0.3 is 25.8 Å². The van der Waals surface area contributed by atoms with Crippen LogP contribution in [0.5, 0.6) is 0 Å². The summed E-state index contributed by atoms with van der Waals surface area (Å²) in [5.74, 6) is 0. The van der Waals surface area contributed by atoms with E-state index in [-0.39, 0.29) is 40.7 Å². The fourth-order valence-electron chi connectivity index (χ4n) is 7.80. The summed E-state index contributed by atoms with van der Waals surface area (Å²) in [4.78, 5) is 0. The van der Waals surface area contributed by atoms with Gasteiger partial charge in [-0.25, -0.2) is 0 Å². The molecule has 0 aliphatic carbocycles. The molecular formula is C48H44HfSi. The molecule has 2 heteroatoms. The van der Waals surface area contributed by atoms with E-state index in [1.807, 2.05) is 0 Å². The fourth-order valence-corrected chi connectivity index (χ4v) is 12.7. The first-order valence-corrected chi connectivity index (χ1v) is 18.6. The maximum atomic E-state index is 2.53. The molecule has 0 fully saturated rings. The molecule has 0 aliphatic heterocycles. The summed E-state index contributed by atoms with van der Waals surface area (Å²) in [6.07, 6.45) is 0. The van der Waals surface area contributed by atoms with Crippen molar-refractivity contribution in [2.75, 3.05) is 0 Å². The van der Waals surface area contributed by atoms with Gasteiger partial charge in [-0.2, -0.15) is 12.1 Å². The smallest absolute Gasteiger partial charge is 0.358 e. The van der Waals surface area contributed by atoms with Crippen molar-refractivity contribution in [3.63, 3.8) is 0 Å². The minimum Gasteiger partial charge on any atom is -0.358 e. The summed E-state index contributed by atoms with van der Waals surface area (Å²) in [6, 6.07) is 59.9. The summed E-state index contributed by atoms with van der Waals surface area (Å²) in [5.41, 5.74) is 10.4. The maximum absolute atomic E-state index is 2.76. The van der Waals surface area contributed by atoms with Crippen LogP contribution in [0.25, 0.3) is 43.8 Å². The molecule has 0 aromatic heterocycles. The van der Waals surface area contributed by atoms with Crippen molar-refractivity contribution in [3.05, 3.63) is 195 Å². The predicted molar refractivity (Wildman–Crippen MR) is 219 cm³/mol. The van der Waals surface area contributed by atoms with Crippen LogP contribution in [0.15, 0.2) is 158 Å². The van der Waals surface area contributed by atoms with Crippen molar-refractivity contribution in [2.45, 2.75) is 27.7 Å². The van der Waals surface area contributed by atoms with Gasteiger partial charge in [0.15, 0.2) is 0 Å². The zero-order valence-electron chi connectivity index (χ0n) is 30.0. The summed E-state index contributed by atoms with van der Waals surface area (Å²) in [7, 11) is -2.76. The van der Waals surface area contributed by atoms with Gasteiger partial charge in [0.2, 0.25) is 0 Å². The Morgan fingerprint density at radius 3 is 1.20 bits per heavy atom. The normalized spacial score (nSPS) is 11.1. The van der Waals surface area contributed by atoms with E-state index in [1.165, 1.54) is 86.8 Å². The predicted octanol–water partition coefficient (Wildman–Crippen LogP) is 10.3. The number of fused-ring (bicyclic) bond motifs is 2. The summed E-state index contributed by atoms with van der Waals surface area (Å²) in [6.45, 7) is 8.84. The molecule has 8 aromatic rings. The van der Waals surface area contributed by atoms with E-state index in [1.54, 1.807) is 0 Å². The van der Waals surface area contributed by atoms with Crippen LogP contribution in [-0.2, 0) is 25.8 Å². The van der Waals surface area contributed by atoms with Gasteiger partial charge in [0, 0.05) is 0 Å². The van der Waals surface area contributed by atoms with Crippen LogP contribution in [0.3, 0.4) is 0 Å². The van der Waals surface area contributed by atoms with E-state index in [2.05, 4.69) is 185 Å². The number of hydrogen-bond donors (Lipinski definition) is 0. The quantitative estimate of drug-likeness (QED) is 0.116. The number of rotatable bonds is 6. The molecule has 50 heavy (non-hydrogen) atoms. The van der Waals surface area contributed by atoms with Crippen molar-refractivity contribution in [2.24, 2.45) is 0 Å². The monoisotopic (exact) mass is 828 g/mol. The number of aryl methyl sites for hydroxylation is 4. The van der Waals surface area contributed by atoms with Gasteiger partial charge in [-0.05, 0) is 60.3 Å². The fraction of sp³-hybridized carbons (Fsp3) is 0.0833. The Kier molecular flexibility index (Phi) is 11.0. The van der Waals surface area contributed by atoms with Gasteiger partial charge in [0.05, 0.1) is 0 Å². The van der Waals surface area contributed by atoms with Gasteiger partial charge in [-0.15, -0.1) is 68.3 Å². The third-order valence-corrected chi connectivity index (χ3v) is 14.9. The van der Waals surface area contributed by atoms with Gasteiger partial charge in [-0.3, -0.25) is 0 Å². The molecule has 0 heterocycles. The van der Waals surface area contributed by atoms with E-state index in [0.717, 1.165) is 0 Å². The van der Waals surface area contributed by atoms with E-state index in [4.69, 9.17) is 0 Å².